The number of imide groups is 1. The Labute approximate surface area is 100.0 Å². The van der Waals surface area contributed by atoms with Crippen LogP contribution in [0.3, 0.4) is 0 Å². The summed E-state index contributed by atoms with van der Waals surface area (Å²) in [7, 11) is 0. The number of hydrogen-bond donors (Lipinski definition) is 1. The fourth-order valence-corrected chi connectivity index (χ4v) is 1.52. The van der Waals surface area contributed by atoms with E-state index in [0.29, 0.717) is 0 Å². The molecule has 0 aliphatic carbocycles. The van der Waals surface area contributed by atoms with E-state index in [4.69, 9.17) is 9.84 Å². The summed E-state index contributed by atoms with van der Waals surface area (Å²) in [6, 6.07) is 0. The minimum Gasteiger partial charge on any atom is -0.481 e. The normalized spacial score (nSPS) is 15.6. The molecule has 1 heterocycles. The van der Waals surface area contributed by atoms with E-state index < -0.39 is 17.8 Å². The Morgan fingerprint density at radius 2 is 2.12 bits per heavy atom. The highest BCUT2D eigenvalue weighted by molar-refractivity contribution is 9.12. The topological polar surface area (TPSA) is 83.9 Å². The lowest BCUT2D eigenvalue weighted by Crippen LogP contribution is -2.33. The maximum atomic E-state index is 11.3. The van der Waals surface area contributed by atoms with Crippen molar-refractivity contribution in [2.75, 3.05) is 19.8 Å². The van der Waals surface area contributed by atoms with E-state index in [1.54, 1.807) is 0 Å². The number of rotatable bonds is 6. The van der Waals surface area contributed by atoms with Crippen molar-refractivity contribution in [1.82, 2.24) is 4.90 Å². The van der Waals surface area contributed by atoms with Gasteiger partial charge in [0.15, 0.2) is 0 Å². The molecule has 1 N–H and O–H groups in total. The zero-order valence-corrected chi connectivity index (χ0v) is 9.90. The highest BCUT2D eigenvalue weighted by atomic mass is 79.9. The van der Waals surface area contributed by atoms with Crippen molar-refractivity contribution in [2.45, 2.75) is 6.42 Å². The van der Waals surface area contributed by atoms with Crippen LogP contribution in [0.5, 0.6) is 0 Å². The summed E-state index contributed by atoms with van der Waals surface area (Å²) in [5.74, 6) is -1.73. The summed E-state index contributed by atoms with van der Waals surface area (Å²) in [6.45, 7) is 0.335. The van der Waals surface area contributed by atoms with Crippen LogP contribution in [0.25, 0.3) is 0 Å². The molecule has 0 atom stereocenters. The number of carboxylic acid groups (broad SMARTS) is 1. The van der Waals surface area contributed by atoms with Crippen molar-refractivity contribution in [3.63, 3.8) is 0 Å². The third-order valence-electron chi connectivity index (χ3n) is 1.89. The smallest absolute Gasteiger partial charge is 0.305 e. The van der Waals surface area contributed by atoms with Gasteiger partial charge in [-0.3, -0.25) is 19.3 Å². The lowest BCUT2D eigenvalue weighted by atomic mass is 10.5. The molecule has 0 spiro atoms. The molecule has 0 unspecified atom stereocenters. The molecular weight excluding hydrogens is 282 g/mol. The van der Waals surface area contributed by atoms with Gasteiger partial charge in [-0.1, -0.05) is 0 Å². The maximum Gasteiger partial charge on any atom is 0.305 e. The molecule has 1 aliphatic heterocycles. The first kappa shape index (κ1) is 12.9. The minimum absolute atomic E-state index is 0.0696. The quantitative estimate of drug-likeness (QED) is 0.555. The lowest BCUT2D eigenvalue weighted by Gasteiger charge is -2.13. The Bertz CT molecular complexity index is 352. The summed E-state index contributed by atoms with van der Waals surface area (Å²) >= 11 is 2.96. The predicted octanol–water partition coefficient (Wildman–Crippen LogP) is 0.125. The molecule has 6 nitrogen and oxygen atoms in total. The lowest BCUT2D eigenvalue weighted by molar-refractivity contribution is -0.140. The summed E-state index contributed by atoms with van der Waals surface area (Å²) in [4.78, 5) is 33.7. The fraction of sp³-hybridized carbons (Fsp3) is 0.444. The van der Waals surface area contributed by atoms with E-state index in [0.717, 1.165) is 4.90 Å². The summed E-state index contributed by atoms with van der Waals surface area (Å²) < 4.78 is 5.20. The van der Waals surface area contributed by atoms with Gasteiger partial charge in [0.25, 0.3) is 11.8 Å². The van der Waals surface area contributed by atoms with E-state index in [1.165, 1.54) is 6.08 Å². The number of halogens is 1. The standard InChI is InChI=1S/C9H10BrNO5/c10-6-5-7(12)11(9(6)15)2-4-16-3-1-8(13)14/h5H,1-4H2,(H,13,14). The van der Waals surface area contributed by atoms with Crippen molar-refractivity contribution >= 4 is 33.7 Å². The van der Waals surface area contributed by atoms with Gasteiger partial charge in [0.1, 0.15) is 0 Å². The zero-order chi connectivity index (χ0) is 12.1. The molecule has 1 rings (SSSR count). The third kappa shape index (κ3) is 3.42. The summed E-state index contributed by atoms with van der Waals surface area (Å²) in [5.41, 5.74) is 0. The van der Waals surface area contributed by atoms with Crippen LogP contribution in [0, 0.1) is 0 Å². The summed E-state index contributed by atoms with van der Waals surface area (Å²) in [6.07, 6.45) is 1.10. The fourth-order valence-electron chi connectivity index (χ4n) is 1.11. The van der Waals surface area contributed by atoms with Crippen LogP contribution < -0.4 is 0 Å². The number of ether oxygens (including phenoxy) is 1. The van der Waals surface area contributed by atoms with Gasteiger partial charge in [0.05, 0.1) is 30.7 Å². The summed E-state index contributed by atoms with van der Waals surface area (Å²) in [5, 5.41) is 8.33. The molecule has 0 radical (unpaired) electrons. The van der Waals surface area contributed by atoms with Crippen molar-refractivity contribution < 1.29 is 24.2 Å². The van der Waals surface area contributed by atoms with Gasteiger partial charge in [-0.15, -0.1) is 0 Å². The van der Waals surface area contributed by atoms with E-state index in [-0.39, 0.29) is 30.7 Å². The van der Waals surface area contributed by atoms with Gasteiger partial charge < -0.3 is 9.84 Å². The van der Waals surface area contributed by atoms with E-state index in [2.05, 4.69) is 15.9 Å². The third-order valence-corrected chi connectivity index (χ3v) is 2.45. The van der Waals surface area contributed by atoms with Crippen LogP contribution in [-0.2, 0) is 19.1 Å². The van der Waals surface area contributed by atoms with Crippen molar-refractivity contribution in [2.24, 2.45) is 0 Å². The Balaban J connectivity index is 2.22. The number of carbonyl (C=O) groups is 3. The van der Waals surface area contributed by atoms with Crippen LogP contribution in [-0.4, -0.2) is 47.5 Å². The van der Waals surface area contributed by atoms with Gasteiger partial charge in [-0.2, -0.15) is 0 Å². The van der Waals surface area contributed by atoms with Crippen LogP contribution in [0.1, 0.15) is 6.42 Å². The molecular formula is C9H10BrNO5. The van der Waals surface area contributed by atoms with Crippen molar-refractivity contribution in [3.05, 3.63) is 10.6 Å². The first-order chi connectivity index (χ1) is 7.52. The molecule has 0 aromatic heterocycles. The minimum atomic E-state index is -0.947. The van der Waals surface area contributed by atoms with Gasteiger partial charge in [0.2, 0.25) is 0 Å². The maximum absolute atomic E-state index is 11.3. The first-order valence-corrected chi connectivity index (χ1v) is 5.34. The SMILES string of the molecule is O=C(O)CCOCCN1C(=O)C=C(Br)C1=O. The monoisotopic (exact) mass is 291 g/mol. The van der Waals surface area contributed by atoms with Gasteiger partial charge in [-0.25, -0.2) is 0 Å². The molecule has 0 saturated carbocycles. The van der Waals surface area contributed by atoms with E-state index >= 15 is 0 Å². The molecule has 0 aromatic carbocycles. The van der Waals surface area contributed by atoms with Crippen LogP contribution >= 0.6 is 15.9 Å². The second-order valence-electron chi connectivity index (χ2n) is 3.04. The Morgan fingerprint density at radius 1 is 1.44 bits per heavy atom. The van der Waals surface area contributed by atoms with Gasteiger partial charge in [-0.05, 0) is 15.9 Å². The molecule has 16 heavy (non-hydrogen) atoms. The molecule has 2 amide bonds. The molecule has 0 fully saturated rings. The zero-order valence-electron chi connectivity index (χ0n) is 8.31. The highest BCUT2D eigenvalue weighted by Gasteiger charge is 2.28. The molecule has 0 aromatic rings. The highest BCUT2D eigenvalue weighted by Crippen LogP contribution is 2.17. The van der Waals surface area contributed by atoms with E-state index in [9.17, 15) is 14.4 Å². The number of amides is 2. The largest absolute Gasteiger partial charge is 0.481 e. The number of carbonyl (C=O) groups excluding carboxylic acids is 2. The van der Waals surface area contributed by atoms with Crippen LogP contribution in [0.4, 0.5) is 0 Å². The molecule has 7 heteroatoms. The average Bonchev–Trinajstić information content (AvgIpc) is 2.43. The van der Waals surface area contributed by atoms with Gasteiger partial charge >= 0.3 is 5.97 Å². The number of hydrogen-bond acceptors (Lipinski definition) is 4. The number of aliphatic carboxylic acids is 1. The molecule has 1 aliphatic rings. The Hall–Kier alpha value is -1.21. The number of carboxylic acids is 1. The Morgan fingerprint density at radius 3 is 2.62 bits per heavy atom. The molecule has 88 valence electrons. The predicted molar refractivity (Wildman–Crippen MR) is 56.8 cm³/mol. The number of nitrogens with zero attached hydrogens (tertiary/aromatic N) is 1. The van der Waals surface area contributed by atoms with Gasteiger partial charge in [0, 0.05) is 6.08 Å². The Kier molecular flexibility index (Phi) is 4.63. The molecule has 0 bridgehead atoms. The van der Waals surface area contributed by atoms with Crippen LogP contribution in [0.2, 0.25) is 0 Å². The second-order valence-corrected chi connectivity index (χ2v) is 3.90. The second kappa shape index (κ2) is 5.76. The first-order valence-electron chi connectivity index (χ1n) is 4.55. The molecule has 0 saturated heterocycles. The van der Waals surface area contributed by atoms with Crippen LogP contribution in [0.15, 0.2) is 10.6 Å². The van der Waals surface area contributed by atoms with Crippen molar-refractivity contribution in [3.8, 4) is 0 Å². The van der Waals surface area contributed by atoms with Crippen molar-refractivity contribution in [1.29, 1.82) is 0 Å². The van der Waals surface area contributed by atoms with E-state index in [1.807, 2.05) is 0 Å². The average molecular weight is 292 g/mol.